The second-order valence-corrected chi connectivity index (χ2v) is 6.87. The summed E-state index contributed by atoms with van der Waals surface area (Å²) in [5.41, 5.74) is 7.21. The van der Waals surface area contributed by atoms with Crippen LogP contribution in [0.1, 0.15) is 6.23 Å². The number of nitrogens with two attached hydrogens (primary N) is 1. The summed E-state index contributed by atoms with van der Waals surface area (Å²) in [7, 11) is 1.52. The minimum Gasteiger partial charge on any atom is -0.495 e. The molecular weight excluding hydrogens is 404 g/mol. The van der Waals surface area contributed by atoms with Gasteiger partial charge in [0.25, 0.3) is 0 Å². The number of nitrogens with zero attached hydrogens (tertiary/aromatic N) is 4. The van der Waals surface area contributed by atoms with Crippen molar-refractivity contribution in [1.29, 1.82) is 0 Å². The van der Waals surface area contributed by atoms with Crippen molar-refractivity contribution in [3.05, 3.63) is 29.5 Å². The molecule has 0 radical (unpaired) electrons. The Bertz CT molecular complexity index is 1050. The Kier molecular flexibility index (Phi) is 5.15. The SMILES string of the molecule is COc1ccc(Nc2nc(N)c3ncn([C@@H]4O[C@H](CO)[C@@H](O)[C@H]4O)c3n2)cc1Cl. The molecule has 1 fully saturated rings. The molecule has 0 unspecified atom stereocenters. The van der Waals surface area contributed by atoms with Gasteiger partial charge in [-0.2, -0.15) is 9.97 Å². The third-order valence-corrected chi connectivity index (χ3v) is 4.94. The Balaban J connectivity index is 1.69. The number of hydrogen-bond donors (Lipinski definition) is 5. The fourth-order valence-electron chi connectivity index (χ4n) is 3.16. The van der Waals surface area contributed by atoms with Crippen LogP contribution in [0.2, 0.25) is 5.02 Å². The molecule has 1 aliphatic rings. The monoisotopic (exact) mass is 422 g/mol. The summed E-state index contributed by atoms with van der Waals surface area (Å²) < 4.78 is 12.1. The Hall–Kier alpha value is -2.70. The molecule has 1 saturated heterocycles. The van der Waals surface area contributed by atoms with E-state index in [2.05, 4.69) is 20.3 Å². The van der Waals surface area contributed by atoms with Crippen molar-refractivity contribution >= 4 is 40.2 Å². The zero-order chi connectivity index (χ0) is 20.7. The highest BCUT2D eigenvalue weighted by Gasteiger charge is 2.44. The first-order chi connectivity index (χ1) is 13.9. The minimum absolute atomic E-state index is 0.114. The fourth-order valence-corrected chi connectivity index (χ4v) is 3.42. The number of aliphatic hydroxyl groups is 3. The molecule has 11 nitrogen and oxygen atoms in total. The number of nitrogen functional groups attached to an aromatic ring is 1. The number of fused-ring (bicyclic) bond motifs is 1. The number of hydrogen-bond acceptors (Lipinski definition) is 10. The molecule has 1 aliphatic heterocycles. The predicted octanol–water partition coefficient (Wildman–Crippen LogP) is 0.426. The summed E-state index contributed by atoms with van der Waals surface area (Å²) in [6.07, 6.45) is -3.07. The first-order valence-corrected chi connectivity index (χ1v) is 9.03. The highest BCUT2D eigenvalue weighted by molar-refractivity contribution is 6.32. The lowest BCUT2D eigenvalue weighted by Crippen LogP contribution is -2.33. The van der Waals surface area contributed by atoms with E-state index in [-0.39, 0.29) is 17.4 Å². The van der Waals surface area contributed by atoms with E-state index in [9.17, 15) is 15.3 Å². The van der Waals surface area contributed by atoms with Gasteiger partial charge in [0.2, 0.25) is 5.95 Å². The molecule has 0 amide bonds. The molecule has 0 spiro atoms. The molecule has 3 aromatic rings. The smallest absolute Gasteiger partial charge is 0.231 e. The molecule has 6 N–H and O–H groups in total. The van der Waals surface area contributed by atoms with Crippen LogP contribution in [0.3, 0.4) is 0 Å². The van der Waals surface area contributed by atoms with E-state index >= 15 is 0 Å². The van der Waals surface area contributed by atoms with Gasteiger partial charge in [-0.3, -0.25) is 4.57 Å². The second kappa shape index (κ2) is 7.61. The van der Waals surface area contributed by atoms with Gasteiger partial charge in [0.05, 0.1) is 25.1 Å². The molecular formula is C17H19ClN6O5. The average Bonchev–Trinajstić information content (AvgIpc) is 3.24. The number of halogens is 1. The maximum absolute atomic E-state index is 10.3. The molecule has 0 aliphatic carbocycles. The third kappa shape index (κ3) is 3.43. The minimum atomic E-state index is -1.28. The zero-order valence-corrected chi connectivity index (χ0v) is 16.0. The van der Waals surface area contributed by atoms with E-state index in [1.807, 2.05) is 0 Å². The quantitative estimate of drug-likeness (QED) is 0.389. The summed E-state index contributed by atoms with van der Waals surface area (Å²) in [6, 6.07) is 5.07. The van der Waals surface area contributed by atoms with Crippen LogP contribution in [0, 0.1) is 0 Å². The van der Waals surface area contributed by atoms with E-state index in [1.54, 1.807) is 18.2 Å². The lowest BCUT2D eigenvalue weighted by molar-refractivity contribution is -0.0511. The molecule has 12 heteroatoms. The van der Waals surface area contributed by atoms with Gasteiger partial charge in [-0.25, -0.2) is 4.98 Å². The second-order valence-electron chi connectivity index (χ2n) is 6.46. The fraction of sp³-hybridized carbons (Fsp3) is 0.353. The number of imidazole rings is 1. The number of aliphatic hydroxyl groups excluding tert-OH is 3. The number of anilines is 3. The molecule has 4 atom stereocenters. The maximum Gasteiger partial charge on any atom is 0.231 e. The van der Waals surface area contributed by atoms with Gasteiger partial charge in [-0.15, -0.1) is 0 Å². The number of ether oxygens (including phenoxy) is 2. The lowest BCUT2D eigenvalue weighted by atomic mass is 10.1. The molecule has 154 valence electrons. The Morgan fingerprint density at radius 3 is 2.76 bits per heavy atom. The molecule has 4 rings (SSSR count). The van der Waals surface area contributed by atoms with Gasteiger partial charge < -0.3 is 35.8 Å². The van der Waals surface area contributed by atoms with Crippen LogP contribution in [-0.4, -0.2) is 66.9 Å². The largest absolute Gasteiger partial charge is 0.495 e. The van der Waals surface area contributed by atoms with Crippen molar-refractivity contribution in [3.8, 4) is 5.75 Å². The van der Waals surface area contributed by atoms with E-state index < -0.39 is 31.1 Å². The van der Waals surface area contributed by atoms with Gasteiger partial charge >= 0.3 is 0 Å². The zero-order valence-electron chi connectivity index (χ0n) is 15.2. The summed E-state index contributed by atoms with van der Waals surface area (Å²) in [6.45, 7) is -0.441. The van der Waals surface area contributed by atoms with E-state index in [1.165, 1.54) is 18.0 Å². The van der Waals surface area contributed by atoms with Gasteiger partial charge in [-0.1, -0.05) is 11.6 Å². The van der Waals surface area contributed by atoms with Crippen molar-refractivity contribution < 1.29 is 24.8 Å². The number of rotatable bonds is 5. The Morgan fingerprint density at radius 2 is 2.10 bits per heavy atom. The maximum atomic E-state index is 10.3. The average molecular weight is 423 g/mol. The standard InChI is InChI=1S/C17H19ClN6O5/c1-28-9-3-2-7(4-8(9)18)21-17-22-14(19)11-15(23-17)24(6-20-11)16-13(27)12(26)10(5-25)29-16/h2-4,6,10,12-13,16,25-27H,5H2,1H3,(H3,19,21,22,23)/t10-,12-,13-,16-/m1/s1. The summed E-state index contributed by atoms with van der Waals surface area (Å²) in [4.78, 5) is 12.8. The highest BCUT2D eigenvalue weighted by Crippen LogP contribution is 2.33. The van der Waals surface area contributed by atoms with Gasteiger partial charge in [0.1, 0.15) is 29.6 Å². The van der Waals surface area contributed by atoms with Crippen LogP contribution in [0.15, 0.2) is 24.5 Å². The summed E-state index contributed by atoms with van der Waals surface area (Å²) in [5, 5.41) is 33.0. The molecule has 0 saturated carbocycles. The normalized spacial score (nSPS) is 24.2. The first kappa shape index (κ1) is 19.6. The first-order valence-electron chi connectivity index (χ1n) is 8.66. The summed E-state index contributed by atoms with van der Waals surface area (Å²) in [5.74, 6) is 0.808. The Labute approximate surface area is 169 Å². The number of methoxy groups -OCH3 is 1. The Morgan fingerprint density at radius 1 is 1.31 bits per heavy atom. The van der Waals surface area contributed by atoms with Gasteiger partial charge in [0, 0.05) is 5.69 Å². The van der Waals surface area contributed by atoms with Gasteiger partial charge in [-0.05, 0) is 18.2 Å². The number of aromatic nitrogens is 4. The molecule has 29 heavy (non-hydrogen) atoms. The van der Waals surface area contributed by atoms with E-state index in [4.69, 9.17) is 26.8 Å². The topological polar surface area (TPSA) is 161 Å². The van der Waals surface area contributed by atoms with E-state index in [0.717, 1.165) is 0 Å². The molecule has 0 bridgehead atoms. The van der Waals surface area contributed by atoms with Crippen LogP contribution in [0.5, 0.6) is 5.75 Å². The summed E-state index contributed by atoms with van der Waals surface area (Å²) >= 11 is 6.14. The molecule has 3 heterocycles. The van der Waals surface area contributed by atoms with Crippen LogP contribution < -0.4 is 15.8 Å². The third-order valence-electron chi connectivity index (χ3n) is 4.65. The molecule has 2 aromatic heterocycles. The lowest BCUT2D eigenvalue weighted by Gasteiger charge is -2.17. The van der Waals surface area contributed by atoms with Crippen LogP contribution in [0.4, 0.5) is 17.5 Å². The van der Waals surface area contributed by atoms with Crippen molar-refractivity contribution in [1.82, 2.24) is 19.5 Å². The van der Waals surface area contributed by atoms with Crippen molar-refractivity contribution in [2.75, 3.05) is 24.8 Å². The van der Waals surface area contributed by atoms with Crippen LogP contribution in [-0.2, 0) is 4.74 Å². The van der Waals surface area contributed by atoms with E-state index in [0.29, 0.717) is 22.0 Å². The van der Waals surface area contributed by atoms with Crippen molar-refractivity contribution in [2.45, 2.75) is 24.5 Å². The van der Waals surface area contributed by atoms with Crippen LogP contribution in [0.25, 0.3) is 11.2 Å². The molecule has 1 aromatic carbocycles. The predicted molar refractivity (Wildman–Crippen MR) is 104 cm³/mol. The van der Waals surface area contributed by atoms with Gasteiger partial charge in [0.15, 0.2) is 17.7 Å². The van der Waals surface area contributed by atoms with Crippen LogP contribution >= 0.6 is 11.6 Å². The highest BCUT2D eigenvalue weighted by atomic mass is 35.5. The van der Waals surface area contributed by atoms with Crippen molar-refractivity contribution in [2.24, 2.45) is 0 Å². The number of nitrogens with one attached hydrogen (secondary N) is 1. The van der Waals surface area contributed by atoms with Crippen molar-refractivity contribution in [3.63, 3.8) is 0 Å². The number of benzene rings is 1.